The zero-order chi connectivity index (χ0) is 20.5. The van der Waals surface area contributed by atoms with E-state index in [1.807, 2.05) is 30.3 Å². The number of halogens is 2. The summed E-state index contributed by atoms with van der Waals surface area (Å²) in [5.41, 5.74) is 1.64. The molecule has 6 nitrogen and oxygen atoms in total. The van der Waals surface area contributed by atoms with Gasteiger partial charge in [-0.25, -0.2) is 4.79 Å². The van der Waals surface area contributed by atoms with Crippen LogP contribution in [0.4, 0.5) is 13.6 Å². The molecule has 1 atom stereocenters. The fraction of sp³-hybridized carbons (Fsp3) is 0.300. The average molecular weight is 391 g/mol. The maximum absolute atomic E-state index is 12.3. The van der Waals surface area contributed by atoms with E-state index in [0.717, 1.165) is 11.1 Å². The van der Waals surface area contributed by atoms with Gasteiger partial charge in [0.05, 0.1) is 12.6 Å². The predicted octanol–water partition coefficient (Wildman–Crippen LogP) is 3.20. The second-order valence-electron chi connectivity index (χ2n) is 6.35. The first-order valence-corrected chi connectivity index (χ1v) is 8.78. The van der Waals surface area contributed by atoms with E-state index in [0.29, 0.717) is 0 Å². The molecule has 0 aromatic heterocycles. The van der Waals surface area contributed by atoms with E-state index in [1.165, 1.54) is 12.1 Å². The van der Waals surface area contributed by atoms with Crippen LogP contribution >= 0.6 is 0 Å². The molecule has 0 aliphatic rings. The summed E-state index contributed by atoms with van der Waals surface area (Å²) < 4.78 is 29.0. The van der Waals surface area contributed by atoms with Gasteiger partial charge >= 0.3 is 12.6 Å². The summed E-state index contributed by atoms with van der Waals surface area (Å²) in [5.74, 6) is -0.439. The van der Waals surface area contributed by atoms with Gasteiger partial charge in [0.15, 0.2) is 0 Å². The van der Waals surface area contributed by atoms with Gasteiger partial charge in [0.25, 0.3) is 0 Å². The SMILES string of the molecule is CC(C)NC(=O)NC(=O)CN[C@@H](c1ccccc1)c1ccc(OC(F)F)cc1. The molecule has 0 bridgehead atoms. The van der Waals surface area contributed by atoms with Crippen molar-refractivity contribution in [1.29, 1.82) is 0 Å². The molecule has 0 unspecified atom stereocenters. The number of carbonyl (C=O) groups excluding carboxylic acids is 2. The molecule has 0 saturated heterocycles. The first-order chi connectivity index (χ1) is 13.3. The normalized spacial score (nSPS) is 11.9. The Morgan fingerprint density at radius 1 is 0.964 bits per heavy atom. The van der Waals surface area contributed by atoms with E-state index < -0.39 is 18.5 Å². The monoisotopic (exact) mass is 391 g/mol. The average Bonchev–Trinajstić information content (AvgIpc) is 2.63. The number of alkyl halides is 2. The van der Waals surface area contributed by atoms with Crippen molar-refractivity contribution >= 4 is 11.9 Å². The molecule has 2 aromatic carbocycles. The molecule has 2 rings (SSSR count). The number of nitrogens with one attached hydrogen (secondary N) is 3. The van der Waals surface area contributed by atoms with Crippen molar-refractivity contribution in [2.24, 2.45) is 0 Å². The third kappa shape index (κ3) is 6.96. The minimum Gasteiger partial charge on any atom is -0.435 e. The smallest absolute Gasteiger partial charge is 0.387 e. The van der Waals surface area contributed by atoms with E-state index in [4.69, 9.17) is 0 Å². The molecule has 0 aliphatic heterocycles. The minimum atomic E-state index is -2.89. The van der Waals surface area contributed by atoms with Gasteiger partial charge in [-0.1, -0.05) is 42.5 Å². The van der Waals surface area contributed by atoms with Crippen molar-refractivity contribution in [3.05, 3.63) is 65.7 Å². The van der Waals surface area contributed by atoms with Crippen LogP contribution in [0.25, 0.3) is 0 Å². The van der Waals surface area contributed by atoms with Gasteiger partial charge in [-0.05, 0) is 37.1 Å². The summed E-state index contributed by atoms with van der Waals surface area (Å²) in [6, 6.07) is 14.5. The van der Waals surface area contributed by atoms with Gasteiger partial charge in [0, 0.05) is 6.04 Å². The second-order valence-corrected chi connectivity index (χ2v) is 6.35. The molecular weight excluding hydrogens is 368 g/mol. The highest BCUT2D eigenvalue weighted by molar-refractivity contribution is 5.95. The third-order valence-electron chi connectivity index (χ3n) is 3.71. The van der Waals surface area contributed by atoms with Crippen LogP contribution in [0, 0.1) is 0 Å². The number of hydrogen-bond acceptors (Lipinski definition) is 4. The van der Waals surface area contributed by atoms with Crippen molar-refractivity contribution in [2.75, 3.05) is 6.54 Å². The highest BCUT2D eigenvalue weighted by Gasteiger charge is 2.17. The molecule has 8 heteroatoms. The molecule has 2 aromatic rings. The zero-order valence-electron chi connectivity index (χ0n) is 15.6. The Hall–Kier alpha value is -3.00. The maximum atomic E-state index is 12.3. The van der Waals surface area contributed by atoms with Gasteiger partial charge in [0.1, 0.15) is 5.75 Å². The Morgan fingerprint density at radius 3 is 2.14 bits per heavy atom. The number of rotatable bonds is 8. The van der Waals surface area contributed by atoms with Gasteiger partial charge in [-0.3, -0.25) is 15.4 Å². The maximum Gasteiger partial charge on any atom is 0.387 e. The standard InChI is InChI=1S/C20H23F2N3O3/c1-13(2)24-20(27)25-17(26)12-23-18(14-6-4-3-5-7-14)15-8-10-16(11-9-15)28-19(21)22/h3-11,13,18-19,23H,12H2,1-2H3,(H2,24,25,26,27)/t18-/m0/s1. The molecule has 3 N–H and O–H groups in total. The van der Waals surface area contributed by atoms with Gasteiger partial charge in [-0.15, -0.1) is 0 Å². The minimum absolute atomic E-state index is 0.0497. The lowest BCUT2D eigenvalue weighted by Crippen LogP contribution is -2.46. The molecule has 0 saturated carbocycles. The molecule has 0 aliphatic carbocycles. The van der Waals surface area contributed by atoms with E-state index in [-0.39, 0.29) is 24.4 Å². The topological polar surface area (TPSA) is 79.5 Å². The Labute approximate surface area is 162 Å². The number of carbonyl (C=O) groups is 2. The molecule has 0 radical (unpaired) electrons. The fourth-order valence-corrected chi connectivity index (χ4v) is 2.58. The van der Waals surface area contributed by atoms with Crippen molar-refractivity contribution in [3.63, 3.8) is 0 Å². The van der Waals surface area contributed by atoms with Crippen LogP contribution < -0.4 is 20.7 Å². The Bertz CT molecular complexity index is 768. The van der Waals surface area contributed by atoms with E-state index in [1.54, 1.807) is 26.0 Å². The van der Waals surface area contributed by atoms with E-state index in [2.05, 4.69) is 20.7 Å². The lowest BCUT2D eigenvalue weighted by molar-refractivity contribution is -0.119. The number of ether oxygens (including phenoxy) is 1. The van der Waals surface area contributed by atoms with E-state index >= 15 is 0 Å². The number of hydrogen-bond donors (Lipinski definition) is 3. The quantitative estimate of drug-likeness (QED) is 0.646. The van der Waals surface area contributed by atoms with Crippen LogP contribution in [0.15, 0.2) is 54.6 Å². The van der Waals surface area contributed by atoms with Crippen LogP contribution in [-0.4, -0.2) is 31.1 Å². The molecular formula is C20H23F2N3O3. The molecule has 28 heavy (non-hydrogen) atoms. The summed E-state index contributed by atoms with van der Waals surface area (Å²) in [7, 11) is 0. The first-order valence-electron chi connectivity index (χ1n) is 8.78. The fourth-order valence-electron chi connectivity index (χ4n) is 2.58. The van der Waals surface area contributed by atoms with Crippen LogP contribution in [0.2, 0.25) is 0 Å². The first kappa shape index (κ1) is 21.3. The number of urea groups is 1. The third-order valence-corrected chi connectivity index (χ3v) is 3.71. The lowest BCUT2D eigenvalue weighted by Gasteiger charge is -2.20. The molecule has 3 amide bonds. The number of imide groups is 1. The van der Waals surface area contributed by atoms with Crippen LogP contribution in [0.3, 0.4) is 0 Å². The molecule has 0 fully saturated rings. The Balaban J connectivity index is 2.08. The summed E-state index contributed by atoms with van der Waals surface area (Å²) in [4.78, 5) is 23.7. The number of amides is 3. The predicted molar refractivity (Wildman–Crippen MR) is 101 cm³/mol. The van der Waals surface area contributed by atoms with Crippen molar-refractivity contribution < 1.29 is 23.1 Å². The van der Waals surface area contributed by atoms with Gasteiger partial charge in [0.2, 0.25) is 5.91 Å². The summed E-state index contributed by atoms with van der Waals surface area (Å²) >= 11 is 0. The highest BCUT2D eigenvalue weighted by atomic mass is 19.3. The van der Waals surface area contributed by atoms with Crippen molar-refractivity contribution in [1.82, 2.24) is 16.0 Å². The second kappa shape index (κ2) is 10.4. The number of benzene rings is 2. The van der Waals surface area contributed by atoms with Crippen LogP contribution in [-0.2, 0) is 4.79 Å². The van der Waals surface area contributed by atoms with E-state index in [9.17, 15) is 18.4 Å². The van der Waals surface area contributed by atoms with Crippen molar-refractivity contribution in [3.8, 4) is 5.75 Å². The highest BCUT2D eigenvalue weighted by Crippen LogP contribution is 2.24. The summed E-state index contributed by atoms with van der Waals surface area (Å²) in [6.45, 7) is 0.569. The molecule has 150 valence electrons. The zero-order valence-corrected chi connectivity index (χ0v) is 15.6. The van der Waals surface area contributed by atoms with Gasteiger partial charge < -0.3 is 10.1 Å². The lowest BCUT2D eigenvalue weighted by atomic mass is 9.98. The van der Waals surface area contributed by atoms with Crippen molar-refractivity contribution in [2.45, 2.75) is 32.5 Å². The molecule has 0 spiro atoms. The largest absolute Gasteiger partial charge is 0.435 e. The summed E-state index contributed by atoms with van der Waals surface area (Å²) in [6.07, 6.45) is 0. The Kier molecular flexibility index (Phi) is 7.88. The Morgan fingerprint density at radius 2 is 1.57 bits per heavy atom. The van der Waals surface area contributed by atoms with Gasteiger partial charge in [-0.2, -0.15) is 8.78 Å². The summed E-state index contributed by atoms with van der Waals surface area (Å²) in [5, 5.41) is 7.91. The van der Waals surface area contributed by atoms with Crippen LogP contribution in [0.5, 0.6) is 5.75 Å². The molecule has 0 heterocycles. The van der Waals surface area contributed by atoms with Crippen LogP contribution in [0.1, 0.15) is 31.0 Å².